The zero-order valence-electron chi connectivity index (χ0n) is 8.52. The maximum atomic E-state index is 13.1. The van der Waals surface area contributed by atoms with E-state index in [0.29, 0.717) is 6.54 Å². The second-order valence-electron chi connectivity index (χ2n) is 3.21. The SMILES string of the molecule is CCCCNC(=O)c1c(F)cccc1F. The number of amides is 1. The number of halogens is 2. The minimum absolute atomic E-state index is 0.434. The fourth-order valence-electron chi connectivity index (χ4n) is 1.18. The van der Waals surface area contributed by atoms with Crippen molar-refractivity contribution in [2.45, 2.75) is 19.8 Å². The van der Waals surface area contributed by atoms with Gasteiger partial charge in [0.15, 0.2) is 0 Å². The van der Waals surface area contributed by atoms with E-state index in [0.717, 1.165) is 25.0 Å². The molecule has 0 spiro atoms. The fourth-order valence-corrected chi connectivity index (χ4v) is 1.18. The molecule has 0 heterocycles. The van der Waals surface area contributed by atoms with E-state index >= 15 is 0 Å². The summed E-state index contributed by atoms with van der Waals surface area (Å²) in [5.74, 6) is -2.35. The highest BCUT2D eigenvalue weighted by molar-refractivity contribution is 5.94. The highest BCUT2D eigenvalue weighted by Crippen LogP contribution is 2.11. The fraction of sp³-hybridized carbons (Fsp3) is 0.364. The lowest BCUT2D eigenvalue weighted by Crippen LogP contribution is -2.26. The van der Waals surface area contributed by atoms with E-state index in [-0.39, 0.29) is 0 Å². The summed E-state index contributed by atoms with van der Waals surface area (Å²) in [6.45, 7) is 2.40. The molecule has 1 aromatic carbocycles. The van der Waals surface area contributed by atoms with E-state index in [9.17, 15) is 13.6 Å². The molecule has 1 rings (SSSR count). The predicted molar refractivity (Wildman–Crippen MR) is 53.6 cm³/mol. The van der Waals surface area contributed by atoms with Crippen LogP contribution in [0, 0.1) is 11.6 Å². The molecular weight excluding hydrogens is 200 g/mol. The molecule has 0 fully saturated rings. The van der Waals surface area contributed by atoms with Gasteiger partial charge in [-0.3, -0.25) is 4.79 Å². The van der Waals surface area contributed by atoms with Gasteiger partial charge in [0, 0.05) is 6.54 Å². The van der Waals surface area contributed by atoms with E-state index in [1.807, 2.05) is 6.92 Å². The summed E-state index contributed by atoms with van der Waals surface area (Å²) in [6.07, 6.45) is 1.71. The van der Waals surface area contributed by atoms with Crippen molar-refractivity contribution in [3.8, 4) is 0 Å². The Hall–Kier alpha value is -1.45. The highest BCUT2D eigenvalue weighted by atomic mass is 19.1. The van der Waals surface area contributed by atoms with Crippen molar-refractivity contribution in [2.24, 2.45) is 0 Å². The van der Waals surface area contributed by atoms with Gasteiger partial charge in [-0.25, -0.2) is 8.78 Å². The Morgan fingerprint density at radius 2 is 1.93 bits per heavy atom. The summed E-state index contributed by atoms with van der Waals surface area (Å²) >= 11 is 0. The third-order valence-electron chi connectivity index (χ3n) is 2.01. The molecule has 0 aliphatic rings. The van der Waals surface area contributed by atoms with Crippen molar-refractivity contribution in [1.29, 1.82) is 0 Å². The van der Waals surface area contributed by atoms with E-state index < -0.39 is 23.1 Å². The summed E-state index contributed by atoms with van der Waals surface area (Å²) in [4.78, 5) is 11.4. The number of carbonyl (C=O) groups excluding carboxylic acids is 1. The van der Waals surface area contributed by atoms with Gasteiger partial charge in [-0.05, 0) is 18.6 Å². The van der Waals surface area contributed by atoms with E-state index in [1.54, 1.807) is 0 Å². The van der Waals surface area contributed by atoms with Gasteiger partial charge in [-0.1, -0.05) is 19.4 Å². The van der Waals surface area contributed by atoms with Crippen LogP contribution in [0.25, 0.3) is 0 Å². The number of nitrogens with one attached hydrogen (secondary N) is 1. The van der Waals surface area contributed by atoms with Crippen molar-refractivity contribution in [1.82, 2.24) is 5.32 Å². The van der Waals surface area contributed by atoms with Crippen LogP contribution in [-0.4, -0.2) is 12.5 Å². The first-order chi connectivity index (χ1) is 7.16. The number of hydrogen-bond donors (Lipinski definition) is 1. The summed E-state index contributed by atoms with van der Waals surface area (Å²) in [7, 11) is 0. The van der Waals surface area contributed by atoms with Crippen LogP contribution in [0.1, 0.15) is 30.1 Å². The van der Waals surface area contributed by atoms with Gasteiger partial charge in [-0.15, -0.1) is 0 Å². The third-order valence-corrected chi connectivity index (χ3v) is 2.01. The number of rotatable bonds is 4. The maximum Gasteiger partial charge on any atom is 0.257 e. The molecule has 0 aliphatic heterocycles. The summed E-state index contributed by atoms with van der Waals surface area (Å²) in [6, 6.07) is 3.36. The number of carbonyl (C=O) groups is 1. The number of hydrogen-bond acceptors (Lipinski definition) is 1. The Balaban J connectivity index is 2.73. The third kappa shape index (κ3) is 3.01. The normalized spacial score (nSPS) is 10.1. The van der Waals surface area contributed by atoms with Gasteiger partial charge in [0.2, 0.25) is 0 Å². The zero-order valence-corrected chi connectivity index (χ0v) is 8.52. The second-order valence-corrected chi connectivity index (χ2v) is 3.21. The van der Waals surface area contributed by atoms with Crippen LogP contribution >= 0.6 is 0 Å². The van der Waals surface area contributed by atoms with Gasteiger partial charge in [0.1, 0.15) is 17.2 Å². The topological polar surface area (TPSA) is 29.1 Å². The molecule has 15 heavy (non-hydrogen) atoms. The highest BCUT2D eigenvalue weighted by Gasteiger charge is 2.15. The first-order valence-corrected chi connectivity index (χ1v) is 4.89. The molecule has 0 saturated carbocycles. The van der Waals surface area contributed by atoms with E-state index in [1.165, 1.54) is 6.07 Å². The predicted octanol–water partition coefficient (Wildman–Crippen LogP) is 2.49. The van der Waals surface area contributed by atoms with Crippen LogP contribution in [0.15, 0.2) is 18.2 Å². The lowest BCUT2D eigenvalue weighted by molar-refractivity contribution is 0.0944. The molecular formula is C11H13F2NO. The van der Waals surface area contributed by atoms with Crippen molar-refractivity contribution in [3.63, 3.8) is 0 Å². The molecule has 0 aromatic heterocycles. The second kappa shape index (κ2) is 5.44. The van der Waals surface area contributed by atoms with Crippen LogP contribution in [0.4, 0.5) is 8.78 Å². The van der Waals surface area contributed by atoms with Gasteiger partial charge in [0.05, 0.1) is 0 Å². The smallest absolute Gasteiger partial charge is 0.257 e. The lowest BCUT2D eigenvalue weighted by Gasteiger charge is -2.05. The molecule has 4 heteroatoms. The summed E-state index contributed by atoms with van der Waals surface area (Å²) in [5, 5.41) is 2.46. The average Bonchev–Trinajstić information content (AvgIpc) is 2.18. The van der Waals surface area contributed by atoms with Gasteiger partial charge in [-0.2, -0.15) is 0 Å². The molecule has 1 aromatic rings. The van der Waals surface area contributed by atoms with Crippen molar-refractivity contribution < 1.29 is 13.6 Å². The minimum Gasteiger partial charge on any atom is -0.352 e. The molecule has 1 N–H and O–H groups in total. The van der Waals surface area contributed by atoms with Crippen molar-refractivity contribution >= 4 is 5.91 Å². The van der Waals surface area contributed by atoms with Crippen molar-refractivity contribution in [3.05, 3.63) is 35.4 Å². The molecule has 2 nitrogen and oxygen atoms in total. The Morgan fingerprint density at radius 1 is 1.33 bits per heavy atom. The Morgan fingerprint density at radius 3 is 2.47 bits per heavy atom. The average molecular weight is 213 g/mol. The Kier molecular flexibility index (Phi) is 4.21. The molecule has 82 valence electrons. The Bertz CT molecular complexity index is 332. The molecule has 0 atom stereocenters. The monoisotopic (exact) mass is 213 g/mol. The van der Waals surface area contributed by atoms with Crippen LogP contribution in [0.3, 0.4) is 0 Å². The van der Waals surface area contributed by atoms with Gasteiger partial charge < -0.3 is 5.32 Å². The summed E-state index contributed by atoms with van der Waals surface area (Å²) in [5.41, 5.74) is -0.506. The molecule has 1 amide bonds. The van der Waals surface area contributed by atoms with Crippen LogP contribution < -0.4 is 5.32 Å². The molecule has 0 radical (unpaired) electrons. The van der Waals surface area contributed by atoms with Crippen molar-refractivity contribution in [2.75, 3.05) is 6.54 Å². The van der Waals surface area contributed by atoms with Crippen LogP contribution in [-0.2, 0) is 0 Å². The number of unbranched alkanes of at least 4 members (excludes halogenated alkanes) is 1. The maximum absolute atomic E-state index is 13.1. The minimum atomic E-state index is -0.830. The van der Waals surface area contributed by atoms with Crippen LogP contribution in [0.2, 0.25) is 0 Å². The van der Waals surface area contributed by atoms with Crippen LogP contribution in [0.5, 0.6) is 0 Å². The first-order valence-electron chi connectivity index (χ1n) is 4.89. The quantitative estimate of drug-likeness (QED) is 0.765. The number of benzene rings is 1. The van der Waals surface area contributed by atoms with Gasteiger partial charge >= 0.3 is 0 Å². The standard InChI is InChI=1S/C11H13F2NO/c1-2-3-7-14-11(15)10-8(12)5-4-6-9(10)13/h4-6H,2-3,7H2,1H3,(H,14,15). The molecule has 0 saturated heterocycles. The first kappa shape index (κ1) is 11.6. The lowest BCUT2D eigenvalue weighted by atomic mass is 10.2. The Labute approximate surface area is 87.3 Å². The largest absolute Gasteiger partial charge is 0.352 e. The van der Waals surface area contributed by atoms with E-state index in [2.05, 4.69) is 5.32 Å². The summed E-state index contributed by atoms with van der Waals surface area (Å²) < 4.78 is 26.2. The molecule has 0 bridgehead atoms. The zero-order chi connectivity index (χ0) is 11.3. The molecule has 0 aliphatic carbocycles. The van der Waals surface area contributed by atoms with Gasteiger partial charge in [0.25, 0.3) is 5.91 Å². The van der Waals surface area contributed by atoms with E-state index in [4.69, 9.17) is 0 Å². The molecule has 0 unspecified atom stereocenters.